The molecule has 1 fully saturated rings. The zero-order valence-electron chi connectivity index (χ0n) is 11.6. The van der Waals surface area contributed by atoms with Crippen LogP contribution >= 0.6 is 0 Å². The highest BCUT2D eigenvalue weighted by Crippen LogP contribution is 2.22. The first-order valence-corrected chi connectivity index (χ1v) is 8.45. The molecule has 0 unspecified atom stereocenters. The topological polar surface area (TPSA) is 110 Å². The van der Waals surface area contributed by atoms with Crippen molar-refractivity contribution in [2.75, 3.05) is 5.73 Å². The summed E-state index contributed by atoms with van der Waals surface area (Å²) >= 11 is 0. The van der Waals surface area contributed by atoms with Crippen LogP contribution in [0.15, 0.2) is 11.1 Å². The molecule has 0 bridgehead atoms. The molecule has 4 N–H and O–H groups in total. The van der Waals surface area contributed by atoms with E-state index in [1.165, 1.54) is 10.9 Å². The molecule has 1 aromatic heterocycles. The molecule has 1 heterocycles. The Morgan fingerprint density at radius 1 is 1.50 bits per heavy atom. The molecule has 1 aromatic rings. The van der Waals surface area contributed by atoms with Gasteiger partial charge in [-0.25, -0.2) is 13.1 Å². The Hall–Kier alpha value is -1.12. The lowest BCUT2D eigenvalue weighted by Crippen LogP contribution is -2.45. The van der Waals surface area contributed by atoms with Gasteiger partial charge in [-0.15, -0.1) is 0 Å². The second-order valence-electron chi connectivity index (χ2n) is 5.22. The number of nitrogen functional groups attached to an aromatic ring is 1. The number of sulfonamides is 1. The summed E-state index contributed by atoms with van der Waals surface area (Å²) in [6.07, 6.45) is 4.75. The first kappa shape index (κ1) is 15.3. The van der Waals surface area contributed by atoms with E-state index in [1.54, 1.807) is 0 Å². The van der Waals surface area contributed by atoms with E-state index in [1.807, 2.05) is 6.92 Å². The maximum atomic E-state index is 12.3. The van der Waals surface area contributed by atoms with Gasteiger partial charge in [0.25, 0.3) is 0 Å². The Morgan fingerprint density at radius 3 is 2.85 bits per heavy atom. The second-order valence-corrected chi connectivity index (χ2v) is 6.90. The molecule has 0 aromatic carbocycles. The molecule has 0 aliphatic heterocycles. The lowest BCUT2D eigenvalue weighted by Gasteiger charge is -2.27. The molecule has 1 aliphatic rings. The SMILES string of the molecule is CCCn1cc(S(=O)(=O)N[C@@H]2CCCC[C@H]2O)c(N)n1. The summed E-state index contributed by atoms with van der Waals surface area (Å²) in [6, 6.07) is -0.442. The third-order valence-corrected chi connectivity index (χ3v) is 5.04. The highest BCUT2D eigenvalue weighted by atomic mass is 32.2. The number of nitrogens with two attached hydrogens (primary N) is 1. The van der Waals surface area contributed by atoms with E-state index in [0.717, 1.165) is 19.3 Å². The summed E-state index contributed by atoms with van der Waals surface area (Å²) in [7, 11) is -3.74. The molecule has 0 radical (unpaired) electrons. The normalized spacial score (nSPS) is 23.9. The van der Waals surface area contributed by atoms with Gasteiger partial charge in [-0.3, -0.25) is 4.68 Å². The maximum absolute atomic E-state index is 12.3. The molecular formula is C12H22N4O3S. The molecule has 0 spiro atoms. The first-order chi connectivity index (χ1) is 9.44. The molecule has 114 valence electrons. The van der Waals surface area contributed by atoms with E-state index in [9.17, 15) is 13.5 Å². The number of nitrogens with one attached hydrogen (secondary N) is 1. The Morgan fingerprint density at radius 2 is 2.20 bits per heavy atom. The fourth-order valence-electron chi connectivity index (χ4n) is 2.48. The van der Waals surface area contributed by atoms with Gasteiger partial charge >= 0.3 is 0 Å². The predicted octanol–water partition coefficient (Wildman–Crippen LogP) is 0.457. The summed E-state index contributed by atoms with van der Waals surface area (Å²) in [5.74, 6) is -0.00347. The molecule has 2 atom stereocenters. The number of hydrogen-bond donors (Lipinski definition) is 3. The number of rotatable bonds is 5. The van der Waals surface area contributed by atoms with Gasteiger partial charge in [0.1, 0.15) is 4.90 Å². The van der Waals surface area contributed by atoms with Crippen LogP contribution in [0.25, 0.3) is 0 Å². The van der Waals surface area contributed by atoms with Crippen molar-refractivity contribution in [3.05, 3.63) is 6.20 Å². The molecule has 0 amide bonds. The minimum Gasteiger partial charge on any atom is -0.391 e. The van der Waals surface area contributed by atoms with Gasteiger partial charge in [0.05, 0.1) is 6.10 Å². The third-order valence-electron chi connectivity index (χ3n) is 3.53. The van der Waals surface area contributed by atoms with Crippen molar-refractivity contribution >= 4 is 15.8 Å². The molecule has 2 rings (SSSR count). The largest absolute Gasteiger partial charge is 0.391 e. The summed E-state index contributed by atoms with van der Waals surface area (Å²) in [5.41, 5.74) is 5.68. The lowest BCUT2D eigenvalue weighted by molar-refractivity contribution is 0.101. The van der Waals surface area contributed by atoms with Crippen LogP contribution in [0.3, 0.4) is 0 Å². The zero-order valence-corrected chi connectivity index (χ0v) is 12.4. The average Bonchev–Trinajstić information content (AvgIpc) is 2.74. The predicted molar refractivity (Wildman–Crippen MR) is 75.5 cm³/mol. The second kappa shape index (κ2) is 6.11. The van der Waals surface area contributed by atoms with Gasteiger partial charge in [-0.05, 0) is 19.3 Å². The molecule has 7 nitrogen and oxygen atoms in total. The number of aliphatic hydroxyl groups is 1. The van der Waals surface area contributed by atoms with Crippen molar-refractivity contribution in [3.8, 4) is 0 Å². The van der Waals surface area contributed by atoms with Crippen molar-refractivity contribution < 1.29 is 13.5 Å². The van der Waals surface area contributed by atoms with E-state index < -0.39 is 22.2 Å². The van der Waals surface area contributed by atoms with Crippen molar-refractivity contribution in [1.82, 2.24) is 14.5 Å². The quantitative estimate of drug-likeness (QED) is 0.731. The molecule has 20 heavy (non-hydrogen) atoms. The van der Waals surface area contributed by atoms with Gasteiger partial charge in [-0.2, -0.15) is 5.10 Å². The fraction of sp³-hybridized carbons (Fsp3) is 0.750. The van der Waals surface area contributed by atoms with E-state index in [-0.39, 0.29) is 10.7 Å². The zero-order chi connectivity index (χ0) is 14.8. The summed E-state index contributed by atoms with van der Waals surface area (Å²) in [4.78, 5) is -0.0104. The van der Waals surface area contributed by atoms with E-state index >= 15 is 0 Å². The third kappa shape index (κ3) is 3.31. The number of hydrogen-bond acceptors (Lipinski definition) is 5. The summed E-state index contributed by atoms with van der Waals surface area (Å²) in [6.45, 7) is 2.59. The Kier molecular flexibility index (Phi) is 4.66. The van der Waals surface area contributed by atoms with Crippen LogP contribution in [0.5, 0.6) is 0 Å². The molecular weight excluding hydrogens is 280 g/mol. The Balaban J connectivity index is 2.17. The highest BCUT2D eigenvalue weighted by molar-refractivity contribution is 7.89. The van der Waals surface area contributed by atoms with Crippen molar-refractivity contribution in [1.29, 1.82) is 0 Å². The van der Waals surface area contributed by atoms with Crippen molar-refractivity contribution in [3.63, 3.8) is 0 Å². The Labute approximate surface area is 119 Å². The van der Waals surface area contributed by atoms with Crippen LogP contribution in [0.4, 0.5) is 5.82 Å². The molecule has 8 heteroatoms. The van der Waals surface area contributed by atoms with Crippen molar-refractivity contribution in [2.45, 2.75) is 62.6 Å². The Bertz CT molecular complexity index is 555. The monoisotopic (exact) mass is 302 g/mol. The standard InChI is InChI=1S/C12H22N4O3S/c1-2-7-16-8-11(12(13)14-16)20(18,19)15-9-5-3-4-6-10(9)17/h8-10,15,17H,2-7H2,1H3,(H2,13,14)/t9-,10-/m1/s1. The molecule has 0 saturated heterocycles. The van der Waals surface area contributed by atoms with Gasteiger partial charge in [0.2, 0.25) is 10.0 Å². The number of aliphatic hydroxyl groups excluding tert-OH is 1. The van der Waals surface area contributed by atoms with Crippen LogP contribution in [0.2, 0.25) is 0 Å². The van der Waals surface area contributed by atoms with E-state index in [0.29, 0.717) is 19.4 Å². The lowest BCUT2D eigenvalue weighted by atomic mass is 9.93. The molecule has 1 aliphatic carbocycles. The highest BCUT2D eigenvalue weighted by Gasteiger charge is 2.30. The van der Waals surface area contributed by atoms with Gasteiger partial charge in [-0.1, -0.05) is 19.8 Å². The van der Waals surface area contributed by atoms with E-state index in [2.05, 4.69) is 9.82 Å². The van der Waals surface area contributed by atoms with Gasteiger partial charge in [0.15, 0.2) is 5.82 Å². The van der Waals surface area contributed by atoms with Crippen LogP contribution < -0.4 is 10.5 Å². The van der Waals surface area contributed by atoms with Crippen molar-refractivity contribution in [2.24, 2.45) is 0 Å². The number of nitrogens with zero attached hydrogens (tertiary/aromatic N) is 2. The number of anilines is 1. The molecule has 1 saturated carbocycles. The minimum atomic E-state index is -3.74. The summed E-state index contributed by atoms with van der Waals surface area (Å²) in [5, 5.41) is 13.9. The van der Waals surface area contributed by atoms with Crippen LogP contribution in [-0.2, 0) is 16.6 Å². The summed E-state index contributed by atoms with van der Waals surface area (Å²) < 4.78 is 28.7. The number of aromatic nitrogens is 2. The van der Waals surface area contributed by atoms with Crippen LogP contribution in [-0.4, -0.2) is 35.5 Å². The maximum Gasteiger partial charge on any atom is 0.246 e. The van der Waals surface area contributed by atoms with Gasteiger partial charge in [0, 0.05) is 18.8 Å². The minimum absolute atomic E-state index is 0.00347. The van der Waals surface area contributed by atoms with Crippen LogP contribution in [0, 0.1) is 0 Å². The smallest absolute Gasteiger partial charge is 0.246 e. The number of aryl methyl sites for hydroxylation is 1. The van der Waals surface area contributed by atoms with E-state index in [4.69, 9.17) is 5.73 Å². The van der Waals surface area contributed by atoms with Gasteiger partial charge < -0.3 is 10.8 Å². The first-order valence-electron chi connectivity index (χ1n) is 6.97. The fourth-order valence-corrected chi connectivity index (χ4v) is 3.86. The average molecular weight is 302 g/mol. The van der Waals surface area contributed by atoms with Crippen LogP contribution in [0.1, 0.15) is 39.0 Å².